The summed E-state index contributed by atoms with van der Waals surface area (Å²) < 4.78 is 33.3. The fraction of sp³-hybridized carbons (Fsp3) is 0.582. The molecule has 3 N–H and O–H groups in total. The average Bonchev–Trinajstić information content (AvgIpc) is 1.04. The second-order valence-corrected chi connectivity index (χ2v) is 27.3. The fourth-order valence-electron chi connectivity index (χ4n) is 10.5. The molecule has 10 heteroatoms. The molecule has 0 amide bonds. The van der Waals surface area contributed by atoms with E-state index in [9.17, 15) is 19.0 Å². The summed E-state index contributed by atoms with van der Waals surface area (Å²) >= 11 is 0. The Morgan fingerprint density at radius 3 is 0.762 bits per heavy atom. The Labute approximate surface area is 620 Å². The van der Waals surface area contributed by atoms with E-state index < -0.39 is 26.5 Å². The summed E-state index contributed by atoms with van der Waals surface area (Å²) in [6, 6.07) is 0. The van der Waals surface area contributed by atoms with Crippen LogP contribution in [0.2, 0.25) is 0 Å². The minimum Gasteiger partial charge on any atom is -0.462 e. The Balaban J connectivity index is 3.93. The summed E-state index contributed by atoms with van der Waals surface area (Å²) in [5.74, 6) is -0.846. The van der Waals surface area contributed by atoms with E-state index in [1.807, 2.05) is 0 Å². The summed E-state index contributed by atoms with van der Waals surface area (Å²) in [5, 5.41) is 0. The van der Waals surface area contributed by atoms with Gasteiger partial charge in [-0.25, -0.2) is 4.57 Å². The van der Waals surface area contributed by atoms with Gasteiger partial charge >= 0.3 is 19.8 Å². The third-order valence-corrected chi connectivity index (χ3v) is 17.3. The smallest absolute Gasteiger partial charge is 0.462 e. The molecule has 0 saturated carbocycles. The first-order valence-corrected chi connectivity index (χ1v) is 41.7. The van der Waals surface area contributed by atoms with Gasteiger partial charge in [0, 0.05) is 19.4 Å². The summed E-state index contributed by atoms with van der Waals surface area (Å²) in [7, 11) is -4.41. The van der Waals surface area contributed by atoms with Crippen LogP contribution in [0.1, 0.15) is 309 Å². The van der Waals surface area contributed by atoms with Crippen molar-refractivity contribution in [3.63, 3.8) is 0 Å². The number of rotatable bonds is 73. The molecule has 0 radical (unpaired) electrons. The average molecular weight is 1410 g/mol. The van der Waals surface area contributed by atoms with Crippen molar-refractivity contribution in [3.05, 3.63) is 219 Å². The summed E-state index contributed by atoms with van der Waals surface area (Å²) in [5.41, 5.74) is 5.41. The Morgan fingerprint density at radius 1 is 0.297 bits per heavy atom. The molecule has 2 atom stereocenters. The van der Waals surface area contributed by atoms with Crippen molar-refractivity contribution in [3.8, 4) is 0 Å². The maximum atomic E-state index is 12.8. The van der Waals surface area contributed by atoms with Crippen LogP contribution in [-0.4, -0.2) is 49.3 Å². The van der Waals surface area contributed by atoms with Gasteiger partial charge in [0.1, 0.15) is 6.61 Å². The van der Waals surface area contributed by atoms with Crippen LogP contribution in [-0.2, 0) is 32.7 Å². The van der Waals surface area contributed by atoms with Gasteiger partial charge in [0.15, 0.2) is 6.10 Å². The number of carbonyl (C=O) groups excluding carboxylic acids is 2. The standard InChI is InChI=1S/C91H146NO8P/c1-3-5-7-9-11-13-15-17-19-21-23-25-27-29-31-33-35-37-39-41-43-44-46-48-50-52-54-56-58-60-62-64-66-68-70-72-74-76-78-80-82-84-91(94)100-89(88-99-101(95,96)98-86-85-92)87-97-90(93)83-81-79-77-75-73-71-69-67-65-63-61-59-57-55-53-51-49-47-45-42-40-38-36-34-32-30-28-26-24-22-20-18-16-14-12-10-8-6-4-2/h5-8,11-14,17-20,23-26,29-32,35-38,41-43,45-46,48,52,54,58,60,64,66,89H,3-4,9-10,15-16,21-22,27-28,33-34,39-40,44,47,49-51,53,55-57,59,61-63,65,67-88,92H2,1-2H3,(H,95,96)/b7-5-,8-6-,13-11-,14-12-,19-17-,20-18-,25-23-,26-24-,31-29-,32-30-,37-35-,38-36-,43-41-,45-42-,48-46-,54-52-,60-58-,66-64-. The maximum Gasteiger partial charge on any atom is 0.472 e. The predicted molar refractivity (Wildman–Crippen MR) is 440 cm³/mol. The molecule has 9 nitrogen and oxygen atoms in total. The summed E-state index contributed by atoms with van der Waals surface area (Å²) in [4.78, 5) is 35.5. The highest BCUT2D eigenvalue weighted by Crippen LogP contribution is 2.43. The van der Waals surface area contributed by atoms with E-state index in [1.165, 1.54) is 109 Å². The molecule has 568 valence electrons. The van der Waals surface area contributed by atoms with Crippen LogP contribution in [0, 0.1) is 0 Å². The lowest BCUT2D eigenvalue weighted by atomic mass is 10.0. The van der Waals surface area contributed by atoms with E-state index in [-0.39, 0.29) is 38.6 Å². The Hall–Kier alpha value is -5.67. The molecule has 0 spiro atoms. The monoisotopic (exact) mass is 1410 g/mol. The van der Waals surface area contributed by atoms with E-state index in [0.29, 0.717) is 6.42 Å². The molecule has 0 bridgehead atoms. The molecule has 0 aromatic carbocycles. The van der Waals surface area contributed by atoms with Crippen molar-refractivity contribution in [2.75, 3.05) is 26.4 Å². The Morgan fingerprint density at radius 2 is 0.515 bits per heavy atom. The number of ether oxygens (including phenoxy) is 2. The van der Waals surface area contributed by atoms with Gasteiger partial charge in [-0.2, -0.15) is 0 Å². The van der Waals surface area contributed by atoms with E-state index in [1.54, 1.807) is 0 Å². The molecule has 2 unspecified atom stereocenters. The number of phosphoric ester groups is 1. The SMILES string of the molecule is CC/C=C\C/C=C\C/C=C\C/C=C\C/C=C\C/C=C\C/C=C\C/C=C\C/C=C\C/C=C\C/C=C\CCCCCCCCCC(=O)OC(COC(=O)CCCCCCCCCCCCCCCCCCC/C=C\C/C=C\C/C=C\C/C=C\C/C=C\C/C=C\C/C=C\CC)COP(=O)(O)OCCN. The first-order chi connectivity index (χ1) is 49.8. The van der Waals surface area contributed by atoms with Crippen molar-refractivity contribution < 1.29 is 37.6 Å². The van der Waals surface area contributed by atoms with Crippen molar-refractivity contribution in [2.45, 2.75) is 315 Å². The van der Waals surface area contributed by atoms with Gasteiger partial charge in [-0.1, -0.05) is 361 Å². The van der Waals surface area contributed by atoms with Crippen LogP contribution < -0.4 is 5.73 Å². The molecule has 0 fully saturated rings. The molecule has 0 aliphatic rings. The van der Waals surface area contributed by atoms with Gasteiger partial charge in [0.2, 0.25) is 0 Å². The van der Waals surface area contributed by atoms with Crippen molar-refractivity contribution in [1.29, 1.82) is 0 Å². The van der Waals surface area contributed by atoms with Crippen molar-refractivity contribution in [1.82, 2.24) is 0 Å². The number of phosphoric acid groups is 1. The normalized spacial score (nSPS) is 14.1. The van der Waals surface area contributed by atoms with Crippen LogP contribution >= 0.6 is 7.82 Å². The second kappa shape index (κ2) is 83.3. The van der Waals surface area contributed by atoms with E-state index in [0.717, 1.165) is 167 Å². The van der Waals surface area contributed by atoms with Crippen molar-refractivity contribution in [2.24, 2.45) is 5.73 Å². The van der Waals surface area contributed by atoms with Crippen LogP contribution in [0.3, 0.4) is 0 Å². The summed E-state index contributed by atoms with van der Waals surface area (Å²) in [6.45, 7) is 3.50. The number of nitrogens with two attached hydrogens (primary N) is 1. The highest BCUT2D eigenvalue weighted by Gasteiger charge is 2.26. The second-order valence-electron chi connectivity index (χ2n) is 25.8. The van der Waals surface area contributed by atoms with E-state index in [4.69, 9.17) is 24.3 Å². The minimum absolute atomic E-state index is 0.0423. The predicted octanol–water partition coefficient (Wildman–Crippen LogP) is 27.5. The highest BCUT2D eigenvalue weighted by atomic mass is 31.2. The molecule has 0 aliphatic carbocycles. The number of carbonyl (C=O) groups is 2. The number of unbranched alkanes of at least 4 members (excludes halogenated alkanes) is 24. The molecule has 0 heterocycles. The maximum absolute atomic E-state index is 12.8. The number of hydrogen-bond acceptors (Lipinski definition) is 8. The summed E-state index contributed by atoms with van der Waals surface area (Å²) in [6.07, 6.45) is 129. The molecule has 0 aromatic heterocycles. The molecule has 0 rings (SSSR count). The van der Waals surface area contributed by atoms with Gasteiger partial charge in [-0.3, -0.25) is 18.6 Å². The topological polar surface area (TPSA) is 134 Å². The van der Waals surface area contributed by atoms with Crippen molar-refractivity contribution >= 4 is 19.8 Å². The molecule has 0 saturated heterocycles. The molecular weight excluding hydrogens is 1270 g/mol. The van der Waals surface area contributed by atoms with E-state index >= 15 is 0 Å². The quantitative estimate of drug-likeness (QED) is 0.0264. The molecule has 0 aliphatic heterocycles. The lowest BCUT2D eigenvalue weighted by molar-refractivity contribution is -0.161. The van der Waals surface area contributed by atoms with Gasteiger partial charge in [-0.15, -0.1) is 0 Å². The lowest BCUT2D eigenvalue weighted by Gasteiger charge is -2.19. The van der Waals surface area contributed by atoms with Crippen LogP contribution in [0.4, 0.5) is 0 Å². The Kier molecular flexibility index (Phi) is 78.6. The Bertz CT molecular complexity index is 2470. The number of esters is 2. The van der Waals surface area contributed by atoms with Crippen LogP contribution in [0.15, 0.2) is 219 Å². The third-order valence-electron chi connectivity index (χ3n) is 16.4. The zero-order chi connectivity index (χ0) is 72.9. The number of hydrogen-bond donors (Lipinski definition) is 2. The zero-order valence-corrected chi connectivity index (χ0v) is 64.9. The van der Waals surface area contributed by atoms with Crippen LogP contribution in [0.25, 0.3) is 0 Å². The first kappa shape index (κ1) is 95.3. The van der Waals surface area contributed by atoms with E-state index in [2.05, 4.69) is 233 Å². The highest BCUT2D eigenvalue weighted by molar-refractivity contribution is 7.47. The largest absolute Gasteiger partial charge is 0.472 e. The zero-order valence-electron chi connectivity index (χ0n) is 64.0. The fourth-order valence-corrected chi connectivity index (χ4v) is 11.3. The number of allylic oxidation sites excluding steroid dienone is 36. The molecule has 101 heavy (non-hydrogen) atoms. The van der Waals surface area contributed by atoms with Gasteiger partial charge in [0.25, 0.3) is 0 Å². The first-order valence-electron chi connectivity index (χ1n) is 40.2. The van der Waals surface area contributed by atoms with Gasteiger partial charge in [-0.05, 0) is 154 Å². The van der Waals surface area contributed by atoms with Gasteiger partial charge in [0.05, 0.1) is 13.2 Å². The lowest BCUT2D eigenvalue weighted by Crippen LogP contribution is -2.29. The third kappa shape index (κ3) is 83.2. The molecular formula is C91H146NO8P. The molecule has 0 aromatic rings. The van der Waals surface area contributed by atoms with Gasteiger partial charge < -0.3 is 20.1 Å². The minimum atomic E-state index is -4.41. The van der Waals surface area contributed by atoms with Crippen LogP contribution in [0.5, 0.6) is 0 Å².